The average molecular weight is 457 g/mol. The molecule has 0 saturated carbocycles. The highest BCUT2D eigenvalue weighted by Crippen LogP contribution is 2.38. The van der Waals surface area contributed by atoms with Crippen LogP contribution < -0.4 is 5.73 Å². The highest BCUT2D eigenvalue weighted by molar-refractivity contribution is 6.01. The number of benzene rings is 1. The van der Waals surface area contributed by atoms with Gasteiger partial charge in [-0.1, -0.05) is 24.3 Å². The Labute approximate surface area is 194 Å². The van der Waals surface area contributed by atoms with Gasteiger partial charge in [0.1, 0.15) is 11.2 Å². The first kappa shape index (κ1) is 23.6. The summed E-state index contributed by atoms with van der Waals surface area (Å²) in [6, 6.07) is 7.12. The zero-order valence-electron chi connectivity index (χ0n) is 19.6. The first-order valence-electron chi connectivity index (χ1n) is 11.7. The van der Waals surface area contributed by atoms with Crippen LogP contribution in [0.3, 0.4) is 0 Å². The van der Waals surface area contributed by atoms with E-state index in [0.29, 0.717) is 38.4 Å². The third kappa shape index (κ3) is 4.34. The van der Waals surface area contributed by atoms with Crippen molar-refractivity contribution in [2.45, 2.75) is 51.2 Å². The standard InChI is InChI=1S/C25H33FN4O3/c1-16-13-29(9-10-30(16)23(31)20-8-11-33-15-20)14-19-6-4-5-7-21(19)25(24(27)32)12-22(26)17(2)28-18(25)3/h4-7,12,16,18,20H,8-11,13-15H2,1-3H3,(H2,27,32)/t16-,18?,20+,25?/m0/s1. The fourth-order valence-electron chi connectivity index (χ4n) is 5.36. The molecule has 0 spiro atoms. The topological polar surface area (TPSA) is 88.2 Å². The van der Waals surface area contributed by atoms with E-state index in [1.807, 2.05) is 29.2 Å². The lowest BCUT2D eigenvalue weighted by Gasteiger charge is -2.42. The minimum Gasteiger partial charge on any atom is -0.381 e. The van der Waals surface area contributed by atoms with Crippen molar-refractivity contribution in [3.8, 4) is 0 Å². The maximum atomic E-state index is 14.6. The molecule has 3 heterocycles. The molecule has 33 heavy (non-hydrogen) atoms. The molecule has 0 aromatic heterocycles. The van der Waals surface area contributed by atoms with Gasteiger partial charge in [-0.15, -0.1) is 0 Å². The number of allylic oxidation sites excluding steroid dienone is 1. The van der Waals surface area contributed by atoms with Crippen LogP contribution in [0.4, 0.5) is 4.39 Å². The zero-order chi connectivity index (χ0) is 23.8. The smallest absolute Gasteiger partial charge is 0.234 e. The van der Waals surface area contributed by atoms with Crippen LogP contribution in [-0.4, -0.2) is 72.3 Å². The number of nitrogens with two attached hydrogens (primary N) is 1. The van der Waals surface area contributed by atoms with Crippen molar-refractivity contribution in [3.63, 3.8) is 0 Å². The Morgan fingerprint density at radius 2 is 2.03 bits per heavy atom. The molecular formula is C25H33FN4O3. The Hall–Kier alpha value is -2.58. The van der Waals surface area contributed by atoms with Crippen molar-refractivity contribution < 1.29 is 18.7 Å². The van der Waals surface area contributed by atoms with Gasteiger partial charge < -0.3 is 15.4 Å². The van der Waals surface area contributed by atoms with E-state index in [4.69, 9.17) is 10.5 Å². The van der Waals surface area contributed by atoms with E-state index in [1.54, 1.807) is 13.8 Å². The number of aliphatic imine (C=N–C) groups is 1. The van der Waals surface area contributed by atoms with Crippen LogP contribution in [0.1, 0.15) is 38.3 Å². The number of piperazine rings is 1. The molecule has 1 aromatic rings. The Morgan fingerprint density at radius 1 is 1.27 bits per heavy atom. The summed E-state index contributed by atoms with van der Waals surface area (Å²) in [7, 11) is 0. The number of dihydropyridines is 1. The van der Waals surface area contributed by atoms with Crippen LogP contribution in [0.2, 0.25) is 0 Å². The number of hydrogen-bond acceptors (Lipinski definition) is 5. The van der Waals surface area contributed by atoms with Crippen molar-refractivity contribution in [2.24, 2.45) is 16.6 Å². The van der Waals surface area contributed by atoms with E-state index < -0.39 is 23.2 Å². The number of amides is 2. The summed E-state index contributed by atoms with van der Waals surface area (Å²) < 4.78 is 20.0. The molecule has 0 bridgehead atoms. The van der Waals surface area contributed by atoms with E-state index in [2.05, 4.69) is 16.8 Å². The Bertz CT molecular complexity index is 988. The largest absolute Gasteiger partial charge is 0.381 e. The molecule has 8 heteroatoms. The van der Waals surface area contributed by atoms with Gasteiger partial charge in [-0.2, -0.15) is 0 Å². The van der Waals surface area contributed by atoms with Crippen LogP contribution >= 0.6 is 0 Å². The number of carbonyl (C=O) groups is 2. The summed E-state index contributed by atoms with van der Waals surface area (Å²) in [6.45, 7) is 9.29. The van der Waals surface area contributed by atoms with E-state index >= 15 is 0 Å². The lowest BCUT2D eigenvalue weighted by atomic mass is 9.70. The van der Waals surface area contributed by atoms with Gasteiger partial charge >= 0.3 is 0 Å². The quantitative estimate of drug-likeness (QED) is 0.736. The van der Waals surface area contributed by atoms with Crippen molar-refractivity contribution in [3.05, 3.63) is 47.3 Å². The van der Waals surface area contributed by atoms with Gasteiger partial charge in [-0.25, -0.2) is 4.39 Å². The normalized spacial score (nSPS) is 30.7. The molecule has 0 radical (unpaired) electrons. The number of ether oxygens (including phenoxy) is 1. The molecule has 2 amide bonds. The molecule has 4 atom stereocenters. The van der Waals surface area contributed by atoms with E-state index in [0.717, 1.165) is 18.5 Å². The van der Waals surface area contributed by atoms with Gasteiger partial charge in [0.05, 0.1) is 24.3 Å². The highest BCUT2D eigenvalue weighted by atomic mass is 19.1. The molecule has 2 fully saturated rings. The minimum atomic E-state index is -1.34. The summed E-state index contributed by atoms with van der Waals surface area (Å²) in [6.07, 6.45) is 2.13. The second-order valence-corrected chi connectivity index (χ2v) is 9.45. The molecule has 2 N–H and O–H groups in total. The molecule has 1 aromatic carbocycles. The van der Waals surface area contributed by atoms with Gasteiger partial charge in [0.15, 0.2) is 0 Å². The number of halogens is 1. The number of rotatable bonds is 5. The predicted octanol–water partition coefficient (Wildman–Crippen LogP) is 2.20. The molecule has 7 nitrogen and oxygen atoms in total. The summed E-state index contributed by atoms with van der Waals surface area (Å²) in [5, 5.41) is 0. The summed E-state index contributed by atoms with van der Waals surface area (Å²) >= 11 is 0. The predicted molar refractivity (Wildman–Crippen MR) is 124 cm³/mol. The molecule has 2 unspecified atom stereocenters. The fraction of sp³-hybridized carbons (Fsp3) is 0.560. The number of carbonyl (C=O) groups excluding carboxylic acids is 2. The van der Waals surface area contributed by atoms with Crippen LogP contribution in [0.5, 0.6) is 0 Å². The summed E-state index contributed by atoms with van der Waals surface area (Å²) in [4.78, 5) is 34.2. The maximum absolute atomic E-state index is 14.6. The first-order valence-corrected chi connectivity index (χ1v) is 11.7. The molecule has 0 aliphatic carbocycles. The van der Waals surface area contributed by atoms with E-state index in [1.165, 1.54) is 6.08 Å². The van der Waals surface area contributed by atoms with Crippen LogP contribution in [0, 0.1) is 5.92 Å². The van der Waals surface area contributed by atoms with Gasteiger partial charge in [0.25, 0.3) is 0 Å². The number of hydrogen-bond donors (Lipinski definition) is 1. The van der Waals surface area contributed by atoms with E-state index in [9.17, 15) is 14.0 Å². The third-order valence-corrected chi connectivity index (χ3v) is 7.28. The third-order valence-electron chi connectivity index (χ3n) is 7.28. The summed E-state index contributed by atoms with van der Waals surface area (Å²) in [5.41, 5.74) is 6.42. The lowest BCUT2D eigenvalue weighted by Crippen LogP contribution is -2.55. The molecule has 3 aliphatic rings. The first-order chi connectivity index (χ1) is 15.7. The van der Waals surface area contributed by atoms with Gasteiger partial charge in [0, 0.05) is 38.8 Å². The van der Waals surface area contributed by atoms with Crippen LogP contribution in [0.25, 0.3) is 0 Å². The van der Waals surface area contributed by atoms with Crippen molar-refractivity contribution in [1.82, 2.24) is 9.80 Å². The van der Waals surface area contributed by atoms with Gasteiger partial charge in [0.2, 0.25) is 11.8 Å². The van der Waals surface area contributed by atoms with Crippen LogP contribution in [0.15, 0.2) is 41.2 Å². The second-order valence-electron chi connectivity index (χ2n) is 9.45. The second kappa shape index (κ2) is 9.35. The van der Waals surface area contributed by atoms with Gasteiger partial charge in [-0.05, 0) is 44.4 Å². The van der Waals surface area contributed by atoms with Crippen molar-refractivity contribution in [1.29, 1.82) is 0 Å². The molecule has 4 rings (SSSR count). The van der Waals surface area contributed by atoms with Crippen molar-refractivity contribution >= 4 is 17.5 Å². The molecule has 2 saturated heterocycles. The van der Waals surface area contributed by atoms with Crippen molar-refractivity contribution in [2.75, 3.05) is 32.8 Å². The Kier molecular flexibility index (Phi) is 6.68. The molecular weight excluding hydrogens is 423 g/mol. The van der Waals surface area contributed by atoms with Crippen LogP contribution in [-0.2, 0) is 26.3 Å². The molecule has 178 valence electrons. The van der Waals surface area contributed by atoms with E-state index in [-0.39, 0.29) is 23.6 Å². The van der Waals surface area contributed by atoms with Gasteiger partial charge in [-0.3, -0.25) is 19.5 Å². The SMILES string of the molecule is CC1=NC(C)C(C(N)=O)(c2ccccc2CN2CCN(C(=O)[C@@H]3CCOC3)[C@@H](C)C2)C=C1F. The summed E-state index contributed by atoms with van der Waals surface area (Å²) in [5.74, 6) is -0.985. The zero-order valence-corrected chi connectivity index (χ0v) is 19.6. The fourth-order valence-corrected chi connectivity index (χ4v) is 5.36. The number of primary amides is 1. The number of nitrogens with zero attached hydrogens (tertiary/aromatic N) is 3. The monoisotopic (exact) mass is 456 g/mol. The Morgan fingerprint density at radius 3 is 2.70 bits per heavy atom. The average Bonchev–Trinajstić information content (AvgIpc) is 3.31. The minimum absolute atomic E-state index is 0.0337. The lowest BCUT2D eigenvalue weighted by molar-refractivity contribution is -0.140. The maximum Gasteiger partial charge on any atom is 0.234 e. The highest BCUT2D eigenvalue weighted by Gasteiger charge is 2.46. The Balaban J connectivity index is 1.55. The molecule has 3 aliphatic heterocycles.